The van der Waals surface area contributed by atoms with E-state index in [1.807, 2.05) is 5.68 Å². The molecule has 0 amide bonds. The van der Waals surface area contributed by atoms with E-state index in [0.717, 1.165) is 0 Å². The fourth-order valence-electron chi connectivity index (χ4n) is 0.574. The molecule has 10 heavy (non-hydrogen) atoms. The van der Waals surface area contributed by atoms with Crippen LogP contribution in [0.25, 0.3) is 0 Å². The van der Waals surface area contributed by atoms with Crippen molar-refractivity contribution >= 4 is 15.1 Å². The van der Waals surface area contributed by atoms with Crippen molar-refractivity contribution in [3.63, 3.8) is 0 Å². The van der Waals surface area contributed by atoms with E-state index in [-0.39, 0.29) is 60.5 Å². The predicted octanol–water partition coefficient (Wildman–Crippen LogP) is -3.88. The molecule has 1 aromatic heterocycles. The maximum absolute atomic E-state index is 10.1. The summed E-state index contributed by atoms with van der Waals surface area (Å²) >= 11 is 0. The minimum atomic E-state index is -1.08. The Balaban J connectivity index is 0.000000810. The van der Waals surface area contributed by atoms with Gasteiger partial charge in [-0.05, 0) is 5.56 Å². The molecular weight excluding hydrogens is 171 g/mol. The van der Waals surface area contributed by atoms with Crippen LogP contribution in [0.3, 0.4) is 0 Å². The van der Waals surface area contributed by atoms with Crippen LogP contribution in [0.2, 0.25) is 0 Å². The van der Waals surface area contributed by atoms with E-state index >= 15 is 0 Å². The fourth-order valence-corrected chi connectivity index (χ4v) is 1.38. The Labute approximate surface area is 104 Å². The first-order chi connectivity index (χ1) is 4.30. The van der Waals surface area contributed by atoms with Gasteiger partial charge >= 0.3 is 51.4 Å². The third-order valence-electron chi connectivity index (χ3n) is 1.01. The first-order valence-electron chi connectivity index (χ1n) is 2.57. The van der Waals surface area contributed by atoms with Crippen LogP contribution < -0.4 is 56.5 Å². The maximum atomic E-state index is 10.1. The van der Waals surface area contributed by atoms with Gasteiger partial charge < -0.3 is 9.90 Å². The number of carbonyl (C=O) groups excluding carboxylic acids is 1. The van der Waals surface area contributed by atoms with E-state index in [1.165, 1.54) is 0 Å². The van der Waals surface area contributed by atoms with Crippen LogP contribution >= 0.6 is 0 Å². The molecule has 0 fully saturated rings. The van der Waals surface area contributed by atoms with E-state index < -0.39 is 5.97 Å². The van der Waals surface area contributed by atoms with Crippen molar-refractivity contribution in [3.05, 3.63) is 29.1 Å². The number of aromatic carboxylic acids is 1. The molecule has 1 aromatic rings. The van der Waals surface area contributed by atoms with Crippen LogP contribution in [0.1, 0.15) is 10.4 Å². The number of hydrogen-bond acceptors (Lipinski definition) is 2. The SMILES string of the molecule is O=C([O-])c1ccc[siH]c1.[K+]. The van der Waals surface area contributed by atoms with Crippen LogP contribution in [0.15, 0.2) is 23.5 Å². The zero-order chi connectivity index (χ0) is 6.69. The second kappa shape index (κ2) is 5.34. The van der Waals surface area contributed by atoms with Gasteiger partial charge in [0.25, 0.3) is 0 Å². The maximum Gasteiger partial charge on any atom is 1.00 e. The molecule has 0 aromatic carbocycles. The summed E-state index contributed by atoms with van der Waals surface area (Å²) in [6.07, 6.45) is 0. The normalized spacial score (nSPS) is 8.00. The summed E-state index contributed by atoms with van der Waals surface area (Å²) in [5.41, 5.74) is 3.98. The second-order valence-electron chi connectivity index (χ2n) is 1.65. The monoisotopic (exact) mass is 176 g/mol. The summed E-state index contributed by atoms with van der Waals surface area (Å²) in [6.45, 7) is 0. The molecule has 0 N–H and O–H groups in total. The van der Waals surface area contributed by atoms with E-state index in [2.05, 4.69) is 0 Å². The summed E-state index contributed by atoms with van der Waals surface area (Å²) in [5, 5.41) is 10.1. The van der Waals surface area contributed by atoms with Gasteiger partial charge in [-0.1, -0.05) is 23.5 Å². The van der Waals surface area contributed by atoms with Gasteiger partial charge in [0.1, 0.15) is 0 Å². The molecule has 0 bridgehead atoms. The first kappa shape index (κ1) is 10.7. The predicted molar refractivity (Wildman–Crippen MR) is 33.5 cm³/mol. The van der Waals surface area contributed by atoms with Gasteiger partial charge in [0.05, 0.1) is 5.97 Å². The van der Waals surface area contributed by atoms with Crippen molar-refractivity contribution in [1.82, 2.24) is 0 Å². The summed E-state index contributed by atoms with van der Waals surface area (Å²) in [4.78, 5) is 10.1. The van der Waals surface area contributed by atoms with Gasteiger partial charge in [0.2, 0.25) is 0 Å². The molecule has 0 spiro atoms. The van der Waals surface area contributed by atoms with Gasteiger partial charge in [-0.25, -0.2) is 0 Å². The Bertz CT molecular complexity index is 212. The molecule has 0 aliphatic rings. The zero-order valence-corrected chi connectivity index (χ0v) is 9.98. The van der Waals surface area contributed by atoms with Gasteiger partial charge in [-0.2, -0.15) is 0 Å². The molecule has 0 unspecified atom stereocenters. The topological polar surface area (TPSA) is 40.1 Å². The molecule has 0 aliphatic carbocycles. The third kappa shape index (κ3) is 3.18. The van der Waals surface area contributed by atoms with Crippen LogP contribution in [-0.2, 0) is 0 Å². The van der Waals surface area contributed by atoms with Crippen molar-refractivity contribution in [2.75, 3.05) is 0 Å². The molecule has 0 atom stereocenters. The average Bonchev–Trinajstić information content (AvgIpc) is 1.90. The molecule has 46 valence electrons. The number of carboxylic acid groups (broad SMARTS) is 1. The summed E-state index contributed by atoms with van der Waals surface area (Å²) in [7, 11) is 0.0519. The molecule has 2 nitrogen and oxygen atoms in total. The van der Waals surface area contributed by atoms with Crippen molar-refractivity contribution in [2.45, 2.75) is 0 Å². The quantitative estimate of drug-likeness (QED) is 0.411. The number of carboxylic acids is 1. The molecule has 0 saturated carbocycles. The van der Waals surface area contributed by atoms with E-state index in [1.54, 1.807) is 17.8 Å². The Morgan fingerprint density at radius 1 is 1.60 bits per heavy atom. The van der Waals surface area contributed by atoms with Gasteiger partial charge in [-0.15, -0.1) is 0 Å². The van der Waals surface area contributed by atoms with Crippen LogP contribution in [0.4, 0.5) is 0 Å². The molecule has 1 rings (SSSR count). The summed E-state index contributed by atoms with van der Waals surface area (Å²) in [6, 6.07) is 3.30. The van der Waals surface area contributed by atoms with Gasteiger partial charge in [0.15, 0.2) is 0 Å². The van der Waals surface area contributed by atoms with E-state index in [4.69, 9.17) is 0 Å². The van der Waals surface area contributed by atoms with Crippen molar-refractivity contribution in [3.8, 4) is 0 Å². The molecular formula is C6H5KO2Si. The summed E-state index contributed by atoms with van der Waals surface area (Å²) < 4.78 is 0. The third-order valence-corrected chi connectivity index (χ3v) is 2.01. The molecule has 0 radical (unpaired) electrons. The van der Waals surface area contributed by atoms with E-state index in [0.29, 0.717) is 5.56 Å². The van der Waals surface area contributed by atoms with E-state index in [9.17, 15) is 9.90 Å². The Morgan fingerprint density at radius 2 is 2.30 bits per heavy atom. The van der Waals surface area contributed by atoms with Crippen LogP contribution in [0.5, 0.6) is 0 Å². The van der Waals surface area contributed by atoms with Crippen molar-refractivity contribution in [1.29, 1.82) is 0 Å². The molecule has 0 saturated heterocycles. The molecule has 4 heteroatoms. The Kier molecular flexibility index (Phi) is 5.70. The Hall–Kier alpha value is 0.673. The minimum Gasteiger partial charge on any atom is -0.545 e. The number of carbonyl (C=O) groups is 1. The fraction of sp³-hybridized carbons (Fsp3) is 0. The summed E-state index contributed by atoms with van der Waals surface area (Å²) in [5.74, 6) is -1.08. The van der Waals surface area contributed by atoms with Crippen LogP contribution in [-0.4, -0.2) is 15.1 Å². The smallest absolute Gasteiger partial charge is 0.545 e. The average molecular weight is 176 g/mol. The second-order valence-corrected chi connectivity index (χ2v) is 2.76. The Morgan fingerprint density at radius 3 is 2.60 bits per heavy atom. The first-order valence-corrected chi connectivity index (χ1v) is 3.90. The largest absolute Gasteiger partial charge is 1.00 e. The van der Waals surface area contributed by atoms with Gasteiger partial charge in [0, 0.05) is 9.12 Å². The van der Waals surface area contributed by atoms with Gasteiger partial charge in [-0.3, -0.25) is 0 Å². The number of rotatable bonds is 1. The minimum absolute atomic E-state index is 0. The van der Waals surface area contributed by atoms with Crippen LogP contribution in [0, 0.1) is 0 Å². The standard InChI is InChI=1S/C6H6O2Si.K/c7-6(8)5-2-1-3-9-4-5;/h1-4,9H,(H,7,8);/q;+1/p-1. The zero-order valence-electron chi connectivity index (χ0n) is 5.70. The van der Waals surface area contributed by atoms with Crippen molar-refractivity contribution < 1.29 is 61.3 Å². The number of hydrogen-bond donors (Lipinski definition) is 0. The van der Waals surface area contributed by atoms with Crippen molar-refractivity contribution in [2.24, 2.45) is 0 Å². The molecule has 0 aliphatic heterocycles. The molecule has 1 heterocycles.